The van der Waals surface area contributed by atoms with E-state index < -0.39 is 10.0 Å². The molecule has 5 rings (SSSR count). The number of hydrogen-bond acceptors (Lipinski definition) is 7. The van der Waals surface area contributed by atoms with E-state index in [0.29, 0.717) is 59.1 Å². The predicted octanol–water partition coefficient (Wildman–Crippen LogP) is 3.86. The van der Waals surface area contributed by atoms with E-state index in [2.05, 4.69) is 20.1 Å². The second-order valence-corrected chi connectivity index (χ2v) is 10.6. The number of aromatic nitrogens is 3. The third-order valence-electron chi connectivity index (χ3n) is 5.99. The Morgan fingerprint density at radius 1 is 0.897 bits per heavy atom. The monoisotopic (exact) mass is 539 g/mol. The average Bonchev–Trinajstić information content (AvgIpc) is 3.32. The van der Waals surface area contributed by atoms with Gasteiger partial charge in [0.05, 0.1) is 10.6 Å². The van der Waals surface area contributed by atoms with Gasteiger partial charge in [-0.1, -0.05) is 30.3 Å². The highest BCUT2D eigenvalue weighted by atomic mass is 32.2. The lowest BCUT2D eigenvalue weighted by atomic mass is 10.0. The van der Waals surface area contributed by atoms with E-state index in [-0.39, 0.29) is 17.2 Å². The molecule has 9 nitrogen and oxygen atoms in total. The molecule has 39 heavy (non-hydrogen) atoms. The number of nitrogens with zero attached hydrogens (tertiary/aromatic N) is 3. The van der Waals surface area contributed by atoms with Gasteiger partial charge in [-0.15, -0.1) is 0 Å². The first kappa shape index (κ1) is 26.3. The summed E-state index contributed by atoms with van der Waals surface area (Å²) < 4.78 is 35.3. The molecule has 0 aliphatic rings. The van der Waals surface area contributed by atoms with Crippen molar-refractivity contribution in [3.05, 3.63) is 91.1 Å². The van der Waals surface area contributed by atoms with Crippen LogP contribution in [0.2, 0.25) is 0 Å². The van der Waals surface area contributed by atoms with E-state index in [0.717, 1.165) is 0 Å². The standard InChI is InChI=1S/C28H26BN5O4S/c29-24-19-31-34-27(18-25(33-28(24)34)23-10-4-5-11-26(23)35)30-16-6-7-17-32-39(36,37)22-14-12-21(13-15-22)38-20-8-2-1-3-9-20/h1-5,8-15,18-19,30,32,35H,6-7,16-17H2. The van der Waals surface area contributed by atoms with Gasteiger partial charge in [-0.25, -0.2) is 18.1 Å². The van der Waals surface area contributed by atoms with Crippen molar-refractivity contribution in [2.45, 2.75) is 17.7 Å². The maximum atomic E-state index is 12.7. The minimum absolute atomic E-state index is 0.115. The lowest BCUT2D eigenvalue weighted by Crippen LogP contribution is -2.25. The van der Waals surface area contributed by atoms with Crippen LogP contribution in [0.5, 0.6) is 17.2 Å². The number of nitrogens with one attached hydrogen (secondary N) is 2. The molecule has 0 aliphatic carbocycles. The molecule has 3 N–H and O–H groups in total. The van der Waals surface area contributed by atoms with Crippen LogP contribution in [0.3, 0.4) is 0 Å². The van der Waals surface area contributed by atoms with Gasteiger partial charge in [0.1, 0.15) is 30.9 Å². The summed E-state index contributed by atoms with van der Waals surface area (Å²) in [6.45, 7) is 0.849. The Labute approximate surface area is 228 Å². The first-order valence-electron chi connectivity index (χ1n) is 12.4. The summed E-state index contributed by atoms with van der Waals surface area (Å²) in [6, 6.07) is 24.3. The molecular formula is C28H26BN5O4S. The van der Waals surface area contributed by atoms with Crippen molar-refractivity contribution in [1.29, 1.82) is 0 Å². The quantitative estimate of drug-likeness (QED) is 0.172. The van der Waals surface area contributed by atoms with Crippen molar-refractivity contribution < 1.29 is 18.3 Å². The van der Waals surface area contributed by atoms with Crippen LogP contribution in [0.4, 0.5) is 5.82 Å². The number of sulfonamides is 1. The van der Waals surface area contributed by atoms with Gasteiger partial charge in [0.25, 0.3) is 0 Å². The van der Waals surface area contributed by atoms with Crippen LogP contribution in [0, 0.1) is 0 Å². The number of ether oxygens (including phenoxy) is 1. The third-order valence-corrected chi connectivity index (χ3v) is 7.47. The molecule has 0 fully saturated rings. The Hall–Kier alpha value is -4.35. The Morgan fingerprint density at radius 2 is 1.59 bits per heavy atom. The van der Waals surface area contributed by atoms with Crippen molar-refractivity contribution in [1.82, 2.24) is 19.3 Å². The van der Waals surface area contributed by atoms with E-state index in [9.17, 15) is 13.5 Å². The van der Waals surface area contributed by atoms with Gasteiger partial charge >= 0.3 is 0 Å². The average molecular weight is 539 g/mol. The van der Waals surface area contributed by atoms with Gasteiger partial charge in [-0.2, -0.15) is 9.61 Å². The fourth-order valence-corrected chi connectivity index (χ4v) is 5.08. The van der Waals surface area contributed by atoms with Crippen molar-refractivity contribution in [2.75, 3.05) is 18.4 Å². The van der Waals surface area contributed by atoms with Gasteiger partial charge in [-0.3, -0.25) is 0 Å². The fourth-order valence-electron chi connectivity index (χ4n) is 4.00. The number of rotatable bonds is 11. The summed E-state index contributed by atoms with van der Waals surface area (Å²) in [4.78, 5) is 4.73. The highest BCUT2D eigenvalue weighted by molar-refractivity contribution is 7.89. The molecule has 2 radical (unpaired) electrons. The molecule has 5 aromatic rings. The van der Waals surface area contributed by atoms with Gasteiger partial charge in [-0.05, 0) is 66.8 Å². The summed E-state index contributed by atoms with van der Waals surface area (Å²) >= 11 is 0. The molecule has 0 aliphatic heterocycles. The number of para-hydroxylation sites is 2. The molecule has 0 saturated heterocycles. The van der Waals surface area contributed by atoms with Crippen molar-refractivity contribution >= 4 is 34.8 Å². The van der Waals surface area contributed by atoms with E-state index in [1.165, 1.54) is 18.3 Å². The highest BCUT2D eigenvalue weighted by Gasteiger charge is 2.14. The number of aromatic hydroxyl groups is 1. The van der Waals surface area contributed by atoms with E-state index in [1.807, 2.05) is 36.4 Å². The molecule has 0 bridgehead atoms. The lowest BCUT2D eigenvalue weighted by Gasteiger charge is -2.12. The molecule has 0 amide bonds. The Bertz CT molecular complexity index is 1680. The summed E-state index contributed by atoms with van der Waals surface area (Å²) in [5.41, 5.74) is 2.04. The Morgan fingerprint density at radius 3 is 2.36 bits per heavy atom. The van der Waals surface area contributed by atoms with Crippen LogP contribution in [0.25, 0.3) is 16.9 Å². The zero-order chi connectivity index (χ0) is 27.2. The molecule has 0 unspecified atom stereocenters. The number of hydrogen-bond donors (Lipinski definition) is 3. The molecule has 0 saturated carbocycles. The second kappa shape index (κ2) is 11.6. The number of benzene rings is 3. The first-order valence-corrected chi connectivity index (χ1v) is 13.9. The molecule has 3 aromatic carbocycles. The number of anilines is 1. The normalized spacial score (nSPS) is 11.5. The van der Waals surface area contributed by atoms with Crippen molar-refractivity contribution in [3.8, 4) is 28.5 Å². The topological polar surface area (TPSA) is 118 Å². The lowest BCUT2D eigenvalue weighted by molar-refractivity contribution is 0.477. The minimum atomic E-state index is -3.64. The summed E-state index contributed by atoms with van der Waals surface area (Å²) in [5.74, 6) is 2.01. The van der Waals surface area contributed by atoms with E-state index in [4.69, 9.17) is 12.6 Å². The van der Waals surface area contributed by atoms with Gasteiger partial charge in [0, 0.05) is 30.9 Å². The molecule has 2 aromatic heterocycles. The fraction of sp³-hybridized carbons (Fsp3) is 0.143. The molecule has 0 atom stereocenters. The smallest absolute Gasteiger partial charge is 0.240 e. The Balaban J connectivity index is 1.15. The van der Waals surface area contributed by atoms with Crippen LogP contribution in [-0.2, 0) is 10.0 Å². The highest BCUT2D eigenvalue weighted by Crippen LogP contribution is 2.29. The Kier molecular flexibility index (Phi) is 7.80. The number of phenolic OH excluding ortho intramolecular Hbond substituents is 1. The van der Waals surface area contributed by atoms with Crippen LogP contribution in [0.15, 0.2) is 96.0 Å². The van der Waals surface area contributed by atoms with Gasteiger partial charge in [0.15, 0.2) is 5.65 Å². The third kappa shape index (κ3) is 6.22. The van der Waals surface area contributed by atoms with Crippen LogP contribution in [-0.4, -0.2) is 49.1 Å². The van der Waals surface area contributed by atoms with E-state index in [1.54, 1.807) is 40.9 Å². The summed E-state index contributed by atoms with van der Waals surface area (Å²) in [6.07, 6.45) is 2.83. The largest absolute Gasteiger partial charge is 0.507 e. The van der Waals surface area contributed by atoms with Gasteiger partial charge in [0.2, 0.25) is 10.0 Å². The second-order valence-electron chi connectivity index (χ2n) is 8.80. The minimum Gasteiger partial charge on any atom is -0.507 e. The maximum absolute atomic E-state index is 12.7. The van der Waals surface area contributed by atoms with Crippen LogP contribution >= 0.6 is 0 Å². The zero-order valence-corrected chi connectivity index (χ0v) is 21.8. The van der Waals surface area contributed by atoms with Crippen molar-refractivity contribution in [3.63, 3.8) is 0 Å². The number of unbranched alkanes of at least 4 members (excludes halogenated alkanes) is 1. The molecule has 0 spiro atoms. The molecule has 196 valence electrons. The van der Waals surface area contributed by atoms with Gasteiger partial charge < -0.3 is 15.2 Å². The molecule has 2 heterocycles. The summed E-state index contributed by atoms with van der Waals surface area (Å²) in [7, 11) is 2.41. The predicted molar refractivity (Wildman–Crippen MR) is 151 cm³/mol. The summed E-state index contributed by atoms with van der Waals surface area (Å²) in [5, 5.41) is 17.9. The van der Waals surface area contributed by atoms with Crippen molar-refractivity contribution in [2.24, 2.45) is 0 Å². The SMILES string of the molecule is [B]c1cnn2c(NCCCCNS(=O)(=O)c3ccc(Oc4ccccc4)cc3)cc(-c3ccccc3O)nc12. The van der Waals surface area contributed by atoms with Crippen LogP contribution < -0.4 is 20.2 Å². The van der Waals surface area contributed by atoms with E-state index >= 15 is 0 Å². The van der Waals surface area contributed by atoms with Crippen LogP contribution in [0.1, 0.15) is 12.8 Å². The molecule has 11 heteroatoms. The first-order chi connectivity index (χ1) is 18.9. The maximum Gasteiger partial charge on any atom is 0.240 e. The zero-order valence-electron chi connectivity index (χ0n) is 21.0. The molecular weight excluding hydrogens is 513 g/mol. The number of fused-ring (bicyclic) bond motifs is 1. The number of phenols is 1.